The van der Waals surface area contributed by atoms with E-state index in [1.807, 2.05) is 24.3 Å². The molecule has 0 unspecified atom stereocenters. The molecule has 0 amide bonds. The van der Waals surface area contributed by atoms with Crippen molar-refractivity contribution >= 4 is 76.4 Å². The Labute approximate surface area is 165 Å². The second-order valence-corrected chi connectivity index (χ2v) is 8.18. The lowest BCUT2D eigenvalue weighted by molar-refractivity contribution is 1.42. The highest BCUT2D eigenvalue weighted by atomic mass is 32.1. The SMILES string of the molecule is C=Cc1c(/C=C\C)[nH]c2ccc3c4ccc5[nH]c6ccccc6c5c4sc3c12. The predicted molar refractivity (Wildman–Crippen MR) is 125 cm³/mol. The van der Waals surface area contributed by atoms with Gasteiger partial charge in [0.05, 0.1) is 0 Å². The standard InChI is InChI=1S/C25H18N2S/c1-3-7-18-14(4-2)22-20(26-18)12-10-15-16-11-13-21-23(25(16)28-24(15)22)17-8-5-6-9-19(17)27-21/h3-13,26-27H,2H2,1H3/b7-3-. The lowest BCUT2D eigenvalue weighted by Crippen LogP contribution is -1.74. The van der Waals surface area contributed by atoms with Crippen molar-refractivity contribution < 1.29 is 0 Å². The smallest absolute Gasteiger partial charge is 0.0479 e. The second kappa shape index (κ2) is 5.60. The zero-order chi connectivity index (χ0) is 18.8. The first kappa shape index (κ1) is 15.7. The summed E-state index contributed by atoms with van der Waals surface area (Å²) < 4.78 is 2.67. The molecule has 0 saturated carbocycles. The van der Waals surface area contributed by atoms with Crippen LogP contribution < -0.4 is 0 Å². The number of benzene rings is 3. The van der Waals surface area contributed by atoms with Gasteiger partial charge in [0.2, 0.25) is 0 Å². The monoisotopic (exact) mass is 378 g/mol. The maximum atomic E-state index is 4.09. The summed E-state index contributed by atoms with van der Waals surface area (Å²) in [5.41, 5.74) is 5.85. The highest BCUT2D eigenvalue weighted by Gasteiger charge is 2.17. The van der Waals surface area contributed by atoms with Gasteiger partial charge in [-0.25, -0.2) is 0 Å². The first-order valence-corrected chi connectivity index (χ1v) is 10.3. The van der Waals surface area contributed by atoms with E-state index in [9.17, 15) is 0 Å². The van der Waals surface area contributed by atoms with Gasteiger partial charge in [-0.15, -0.1) is 11.3 Å². The molecule has 0 fully saturated rings. The minimum atomic E-state index is 1.12. The van der Waals surface area contributed by atoms with E-state index in [1.165, 1.54) is 52.9 Å². The molecule has 0 bridgehead atoms. The van der Waals surface area contributed by atoms with Gasteiger partial charge in [-0.3, -0.25) is 0 Å². The molecule has 3 aromatic heterocycles. The third kappa shape index (κ3) is 1.92. The van der Waals surface area contributed by atoms with Gasteiger partial charge in [-0.05, 0) is 31.2 Å². The van der Waals surface area contributed by atoms with Crippen LogP contribution in [0.5, 0.6) is 0 Å². The minimum Gasteiger partial charge on any atom is -0.354 e. The van der Waals surface area contributed by atoms with E-state index >= 15 is 0 Å². The maximum absolute atomic E-state index is 4.09. The lowest BCUT2D eigenvalue weighted by Gasteiger charge is -1.96. The topological polar surface area (TPSA) is 31.6 Å². The first-order valence-electron chi connectivity index (χ1n) is 9.45. The zero-order valence-electron chi connectivity index (χ0n) is 15.5. The molecule has 3 heteroatoms. The van der Waals surface area contributed by atoms with Gasteiger partial charge in [0.15, 0.2) is 0 Å². The number of nitrogens with one attached hydrogen (secondary N) is 2. The van der Waals surface area contributed by atoms with Crippen molar-refractivity contribution in [1.82, 2.24) is 9.97 Å². The van der Waals surface area contributed by atoms with Crippen LogP contribution in [0.4, 0.5) is 0 Å². The van der Waals surface area contributed by atoms with E-state index < -0.39 is 0 Å². The van der Waals surface area contributed by atoms with Crippen LogP contribution in [0.2, 0.25) is 0 Å². The summed E-state index contributed by atoms with van der Waals surface area (Å²) >= 11 is 1.89. The molecular weight excluding hydrogens is 360 g/mol. The van der Waals surface area contributed by atoms with Crippen LogP contribution in [0.1, 0.15) is 18.2 Å². The van der Waals surface area contributed by atoms with Crippen molar-refractivity contribution in [3.63, 3.8) is 0 Å². The maximum Gasteiger partial charge on any atom is 0.0479 e. The van der Waals surface area contributed by atoms with Gasteiger partial charge in [-0.2, -0.15) is 0 Å². The van der Waals surface area contributed by atoms with Crippen LogP contribution in [0, 0.1) is 0 Å². The molecule has 28 heavy (non-hydrogen) atoms. The Morgan fingerprint density at radius 3 is 2.25 bits per heavy atom. The summed E-state index contributed by atoms with van der Waals surface area (Å²) in [6, 6.07) is 17.5. The quantitative estimate of drug-likeness (QED) is 0.307. The molecule has 6 rings (SSSR count). The molecular formula is C25H18N2S. The molecule has 3 aromatic carbocycles. The number of fused-ring (bicyclic) bond motifs is 9. The molecule has 2 nitrogen and oxygen atoms in total. The van der Waals surface area contributed by atoms with Gasteiger partial charge in [0.1, 0.15) is 0 Å². The molecule has 0 spiro atoms. The largest absolute Gasteiger partial charge is 0.354 e. The Kier molecular flexibility index (Phi) is 3.15. The van der Waals surface area contributed by atoms with Crippen molar-refractivity contribution in [2.75, 3.05) is 0 Å². The Morgan fingerprint density at radius 1 is 0.786 bits per heavy atom. The lowest BCUT2D eigenvalue weighted by atomic mass is 10.0. The molecule has 3 heterocycles. The van der Waals surface area contributed by atoms with Crippen LogP contribution in [0.3, 0.4) is 0 Å². The normalized spacial score (nSPS) is 12.5. The first-order chi connectivity index (χ1) is 13.8. The number of aromatic nitrogens is 2. The average Bonchev–Trinajstić information content (AvgIpc) is 3.37. The zero-order valence-corrected chi connectivity index (χ0v) is 16.3. The van der Waals surface area contributed by atoms with Gasteiger partial charge < -0.3 is 9.97 Å². The molecule has 0 atom stereocenters. The Balaban J connectivity index is 1.85. The highest BCUT2D eigenvalue weighted by Crippen LogP contribution is 2.44. The third-order valence-corrected chi connectivity index (χ3v) is 6.90. The summed E-state index contributed by atoms with van der Waals surface area (Å²) in [6.45, 7) is 6.13. The second-order valence-electron chi connectivity index (χ2n) is 7.16. The Morgan fingerprint density at radius 2 is 1.50 bits per heavy atom. The van der Waals surface area contributed by atoms with Gasteiger partial charge in [0.25, 0.3) is 0 Å². The van der Waals surface area contributed by atoms with Crippen molar-refractivity contribution in [2.24, 2.45) is 0 Å². The summed E-state index contributed by atoms with van der Waals surface area (Å²) in [6.07, 6.45) is 6.16. The van der Waals surface area contributed by atoms with Crippen LogP contribution in [0.15, 0.2) is 61.2 Å². The number of hydrogen-bond donors (Lipinski definition) is 2. The summed E-state index contributed by atoms with van der Waals surface area (Å²) in [7, 11) is 0. The number of para-hydroxylation sites is 1. The summed E-state index contributed by atoms with van der Waals surface area (Å²) in [4.78, 5) is 7.13. The van der Waals surface area contributed by atoms with Crippen LogP contribution in [0.25, 0.3) is 65.0 Å². The minimum absolute atomic E-state index is 1.12. The van der Waals surface area contributed by atoms with Gasteiger partial charge >= 0.3 is 0 Å². The number of thiophene rings is 1. The van der Waals surface area contributed by atoms with Crippen LogP contribution in [-0.2, 0) is 0 Å². The van der Waals surface area contributed by atoms with Crippen LogP contribution >= 0.6 is 11.3 Å². The van der Waals surface area contributed by atoms with Gasteiger partial charge in [0, 0.05) is 64.1 Å². The molecule has 0 radical (unpaired) electrons. The van der Waals surface area contributed by atoms with E-state index in [1.54, 1.807) is 0 Å². The van der Waals surface area contributed by atoms with E-state index in [4.69, 9.17) is 0 Å². The van der Waals surface area contributed by atoms with Gasteiger partial charge in [-0.1, -0.05) is 49.1 Å². The van der Waals surface area contributed by atoms with E-state index in [-0.39, 0.29) is 0 Å². The molecule has 2 N–H and O–H groups in total. The van der Waals surface area contributed by atoms with Crippen molar-refractivity contribution in [2.45, 2.75) is 6.92 Å². The number of H-pyrrole nitrogens is 2. The van der Waals surface area contributed by atoms with E-state index in [0.29, 0.717) is 0 Å². The molecule has 0 aliphatic rings. The summed E-state index contributed by atoms with van der Waals surface area (Å²) in [5.74, 6) is 0. The molecule has 134 valence electrons. The van der Waals surface area contributed by atoms with E-state index in [0.717, 1.165) is 11.2 Å². The molecule has 6 aromatic rings. The molecule has 0 aliphatic heterocycles. The fourth-order valence-electron chi connectivity index (χ4n) is 4.46. The van der Waals surface area contributed by atoms with Crippen LogP contribution in [-0.4, -0.2) is 9.97 Å². The Bertz CT molecular complexity index is 1590. The number of rotatable bonds is 2. The van der Waals surface area contributed by atoms with Crippen molar-refractivity contribution in [1.29, 1.82) is 0 Å². The van der Waals surface area contributed by atoms with Crippen molar-refractivity contribution in [3.05, 3.63) is 72.4 Å². The number of allylic oxidation sites excluding steroid dienone is 1. The molecule has 0 saturated heterocycles. The highest BCUT2D eigenvalue weighted by molar-refractivity contribution is 7.27. The number of hydrogen-bond acceptors (Lipinski definition) is 1. The summed E-state index contributed by atoms with van der Waals surface area (Å²) in [5, 5.41) is 6.52. The van der Waals surface area contributed by atoms with E-state index in [2.05, 4.69) is 77.2 Å². The molecule has 0 aliphatic carbocycles. The number of aromatic amines is 2. The fourth-order valence-corrected chi connectivity index (χ4v) is 5.88. The Hall–Kier alpha value is -3.30. The average molecular weight is 379 g/mol. The predicted octanol–water partition coefficient (Wildman–Crippen LogP) is 7.85. The van der Waals surface area contributed by atoms with Crippen molar-refractivity contribution in [3.8, 4) is 0 Å². The fraction of sp³-hybridized carbons (Fsp3) is 0.0400. The third-order valence-electron chi connectivity index (χ3n) is 5.64.